The molecule has 2 aliphatic heterocycles. The number of likely N-dealkylation sites (tertiary alicyclic amines) is 2. The lowest BCUT2D eigenvalue weighted by molar-refractivity contribution is -0.144. The van der Waals surface area contributed by atoms with Gasteiger partial charge < -0.3 is 81.4 Å². The van der Waals surface area contributed by atoms with Crippen LogP contribution >= 0.6 is 0 Å². The summed E-state index contributed by atoms with van der Waals surface area (Å²) >= 11 is 0. The fourth-order valence-corrected chi connectivity index (χ4v) is 9.32. The Hall–Kier alpha value is -8.69. The second-order valence-corrected chi connectivity index (χ2v) is 20.4. The zero-order chi connectivity index (χ0) is 59.9. The Balaban J connectivity index is 1.50. The number of benzene rings is 2. The third kappa shape index (κ3) is 20.8. The quantitative estimate of drug-likeness (QED) is 0.0191. The van der Waals surface area contributed by atoms with Crippen LogP contribution in [0.4, 0.5) is 0 Å². The summed E-state index contributed by atoms with van der Waals surface area (Å²) in [6.07, 6.45) is 0.146. The van der Waals surface area contributed by atoms with Crippen LogP contribution in [-0.4, -0.2) is 167 Å². The van der Waals surface area contributed by atoms with Crippen LogP contribution in [0.25, 0.3) is 0 Å². The Bertz CT molecular complexity index is 2600. The summed E-state index contributed by atoms with van der Waals surface area (Å²) in [6, 6.07) is 6.29. The Morgan fingerprint density at radius 1 is 0.580 bits per heavy atom. The minimum Gasteiger partial charge on any atom is -0.370 e. The van der Waals surface area contributed by atoms with Gasteiger partial charge in [0.2, 0.25) is 70.9 Å². The van der Waals surface area contributed by atoms with Gasteiger partial charge >= 0.3 is 0 Å². The number of nitrogens with two attached hydrogens (primary N) is 6. The largest absolute Gasteiger partial charge is 0.370 e. The molecule has 2 saturated heterocycles. The van der Waals surface area contributed by atoms with Crippen LogP contribution in [0, 0.1) is 5.92 Å². The smallest absolute Gasteiger partial charge is 0.245 e. The van der Waals surface area contributed by atoms with Gasteiger partial charge in [0.1, 0.15) is 48.3 Å². The van der Waals surface area contributed by atoms with E-state index in [0.717, 1.165) is 0 Å². The zero-order valence-corrected chi connectivity index (χ0v) is 45.9. The zero-order valence-electron chi connectivity index (χ0n) is 45.9. The van der Waals surface area contributed by atoms with Gasteiger partial charge in [-0.15, -0.1) is 0 Å². The molecule has 2 aliphatic rings. The Morgan fingerprint density at radius 3 is 1.62 bits per heavy atom. The first-order valence-corrected chi connectivity index (χ1v) is 26.8. The molecule has 0 aliphatic carbocycles. The van der Waals surface area contributed by atoms with Crippen LogP contribution in [-0.2, 0) is 70.4 Å². The average molecular weight is 1130 g/mol. The summed E-state index contributed by atoms with van der Waals surface area (Å²) in [6.45, 7) is 4.35. The van der Waals surface area contributed by atoms with Crippen molar-refractivity contribution in [1.29, 1.82) is 0 Å². The third-order valence-electron chi connectivity index (χ3n) is 13.6. The molecule has 0 bridgehead atoms. The highest BCUT2D eigenvalue weighted by Crippen LogP contribution is 2.23. The molecule has 9 atom stereocenters. The van der Waals surface area contributed by atoms with Crippen molar-refractivity contribution in [2.75, 3.05) is 26.2 Å². The van der Waals surface area contributed by atoms with Crippen molar-refractivity contribution in [3.63, 3.8) is 0 Å². The van der Waals surface area contributed by atoms with E-state index >= 15 is 0 Å². The Morgan fingerprint density at radius 2 is 1.10 bits per heavy atom. The second kappa shape index (κ2) is 31.8. The van der Waals surface area contributed by atoms with E-state index in [-0.39, 0.29) is 77.0 Å². The molecule has 4 rings (SSSR count). The van der Waals surface area contributed by atoms with Crippen LogP contribution in [0.2, 0.25) is 0 Å². The Labute approximate surface area is 469 Å². The molecule has 442 valence electrons. The molecule has 19 N–H and O–H groups in total. The minimum absolute atomic E-state index is 0.00390. The monoisotopic (exact) mass is 1130 g/mol. The fourth-order valence-electron chi connectivity index (χ4n) is 9.32. The summed E-state index contributed by atoms with van der Waals surface area (Å²) in [7, 11) is 0. The Kier molecular flexibility index (Phi) is 25.4. The summed E-state index contributed by atoms with van der Waals surface area (Å²) < 4.78 is 0. The van der Waals surface area contributed by atoms with Gasteiger partial charge in [-0.3, -0.25) is 62.5 Å². The second-order valence-electron chi connectivity index (χ2n) is 20.4. The van der Waals surface area contributed by atoms with E-state index in [0.29, 0.717) is 24.0 Å². The maximum atomic E-state index is 14.5. The highest BCUT2D eigenvalue weighted by molar-refractivity contribution is 5.99. The van der Waals surface area contributed by atoms with Crippen molar-refractivity contribution in [2.24, 2.45) is 45.3 Å². The molecule has 28 heteroatoms. The molecule has 28 nitrogen and oxygen atoms in total. The third-order valence-corrected chi connectivity index (χ3v) is 13.6. The first-order valence-electron chi connectivity index (χ1n) is 26.8. The molecule has 0 radical (unpaired) electrons. The fraction of sp³-hybridized carbons (Fsp3) is 0.528. The molecule has 12 amide bonds. The minimum atomic E-state index is -1.41. The number of carbonyl (C=O) groups is 12. The van der Waals surface area contributed by atoms with E-state index in [1.165, 1.54) is 16.7 Å². The van der Waals surface area contributed by atoms with Crippen molar-refractivity contribution in [3.05, 3.63) is 71.8 Å². The normalized spacial score (nSPS) is 17.3. The lowest BCUT2D eigenvalue weighted by atomic mass is 9.99. The number of primary amides is 3. The number of guanidine groups is 1. The highest BCUT2D eigenvalue weighted by atomic mass is 16.2. The summed E-state index contributed by atoms with van der Waals surface area (Å²) in [4.78, 5) is 166. The van der Waals surface area contributed by atoms with Gasteiger partial charge in [0.05, 0.1) is 19.0 Å². The molecule has 0 saturated carbocycles. The standard InChI is InChI=1S/C53H78N16O12/c1-29(2)43(50(79)63-34(17-10-22-60-53(58)59)46(75)65-36(44(57)73)25-31-13-6-4-7-14-31)67-47(76)37(26-32-15-8-5-9-16-32)66-49(78)39-19-12-24-69(39)52(81)35(20-21-40(55)70)64-48(77)38-18-11-23-68(38)51(80)30(3)62-42(72)28-61-45(74)33(54)27-41(56)71/h4-9,13-16,29-30,33-39,43H,10-12,17-28,54H2,1-3H3,(H2,55,70)(H2,56,71)(H2,57,73)(H,61,74)(H,62,72)(H,63,79)(H,64,77)(H,65,75)(H,66,78)(H,67,76)(H4,58,59,60)/t30-,33-,34-,35-,36-,37-,38-,39-,43-/m0/s1. The number of carbonyl (C=O) groups excluding carboxylic acids is 12. The molecule has 2 aromatic carbocycles. The van der Waals surface area contributed by atoms with Gasteiger partial charge in [-0.1, -0.05) is 74.5 Å². The van der Waals surface area contributed by atoms with E-state index < -0.39 is 144 Å². The van der Waals surface area contributed by atoms with Gasteiger partial charge in [0, 0.05) is 38.9 Å². The SMILES string of the molecule is CC(C)[C@H](NC(=O)[C@H](Cc1ccccc1)NC(=O)[C@@H]1CCCN1C(=O)[C@H](CCC(N)=O)NC(=O)[C@@H]1CCCN1C(=O)[C@H](C)NC(=O)CNC(=O)[C@@H](N)CC(N)=O)C(=O)N[C@@H](CCCN=C(N)N)C(=O)N[C@@H](Cc1ccccc1)C(N)=O. The number of nitrogens with zero attached hydrogens (tertiary/aromatic N) is 3. The van der Waals surface area contributed by atoms with E-state index in [2.05, 4.69) is 42.2 Å². The number of hydrogen-bond donors (Lipinski definition) is 13. The predicted molar refractivity (Wildman–Crippen MR) is 294 cm³/mol. The molecule has 2 aromatic rings. The summed E-state index contributed by atoms with van der Waals surface area (Å²) in [5, 5.41) is 18.2. The number of aliphatic imine (C=N–C) groups is 1. The van der Waals surface area contributed by atoms with Crippen LogP contribution in [0.5, 0.6) is 0 Å². The van der Waals surface area contributed by atoms with E-state index in [4.69, 9.17) is 34.4 Å². The molecular formula is C53H78N16O12. The van der Waals surface area contributed by atoms with Crippen molar-refractivity contribution in [1.82, 2.24) is 47.0 Å². The van der Waals surface area contributed by atoms with Crippen molar-refractivity contribution in [3.8, 4) is 0 Å². The molecule has 2 heterocycles. The predicted octanol–water partition coefficient (Wildman–Crippen LogP) is -4.84. The first-order chi connectivity index (χ1) is 38.4. The lowest BCUT2D eigenvalue weighted by Crippen LogP contribution is -2.61. The van der Waals surface area contributed by atoms with Crippen LogP contribution in [0.3, 0.4) is 0 Å². The average Bonchev–Trinajstić information content (AvgIpc) is 4.15. The topological polar surface area (TPSA) is 464 Å². The molecule has 0 unspecified atom stereocenters. The summed E-state index contributed by atoms with van der Waals surface area (Å²) in [5.41, 5.74) is 34.2. The van der Waals surface area contributed by atoms with E-state index in [9.17, 15) is 57.5 Å². The summed E-state index contributed by atoms with van der Waals surface area (Å²) in [5.74, 6) is -9.97. The van der Waals surface area contributed by atoms with Gasteiger partial charge in [0.25, 0.3) is 0 Å². The highest BCUT2D eigenvalue weighted by Gasteiger charge is 2.42. The molecular weight excluding hydrogens is 1050 g/mol. The first kappa shape index (κ1) is 64.8. The molecule has 81 heavy (non-hydrogen) atoms. The van der Waals surface area contributed by atoms with Crippen LogP contribution < -0.4 is 71.6 Å². The molecule has 0 aromatic heterocycles. The molecule has 0 spiro atoms. The van der Waals surface area contributed by atoms with Gasteiger partial charge in [-0.05, 0) is 68.9 Å². The maximum absolute atomic E-state index is 14.5. The van der Waals surface area contributed by atoms with Gasteiger partial charge in [-0.25, -0.2) is 0 Å². The van der Waals surface area contributed by atoms with Crippen molar-refractivity contribution in [2.45, 2.75) is 146 Å². The van der Waals surface area contributed by atoms with Crippen molar-refractivity contribution >= 4 is 76.8 Å². The number of hydrogen-bond acceptors (Lipinski definition) is 14. The van der Waals surface area contributed by atoms with Crippen LogP contribution in [0.15, 0.2) is 65.7 Å². The van der Waals surface area contributed by atoms with Crippen molar-refractivity contribution < 1.29 is 57.5 Å². The molecule has 2 fully saturated rings. The van der Waals surface area contributed by atoms with Crippen LogP contribution in [0.1, 0.15) is 89.7 Å². The number of amides is 12. The van der Waals surface area contributed by atoms with E-state index in [1.54, 1.807) is 74.5 Å². The van der Waals surface area contributed by atoms with Gasteiger partial charge in [-0.2, -0.15) is 0 Å². The lowest BCUT2D eigenvalue weighted by Gasteiger charge is -2.32. The van der Waals surface area contributed by atoms with E-state index in [1.807, 2.05) is 0 Å². The van der Waals surface area contributed by atoms with Gasteiger partial charge in [0.15, 0.2) is 5.96 Å². The maximum Gasteiger partial charge on any atom is 0.245 e. The number of nitrogens with one attached hydrogen (secondary N) is 7. The number of rotatable bonds is 31.